The van der Waals surface area contributed by atoms with Gasteiger partial charge in [-0.2, -0.15) is 0 Å². The van der Waals surface area contributed by atoms with Crippen molar-refractivity contribution in [2.24, 2.45) is 0 Å². The van der Waals surface area contributed by atoms with Crippen molar-refractivity contribution in [1.82, 2.24) is 0 Å². The predicted octanol–water partition coefficient (Wildman–Crippen LogP) is 7.34. The largest absolute Gasteiger partial charge is 0.497 e. The third kappa shape index (κ3) is 4.96. The SMILES string of the molecule is COc1ccc(/C=C/c2ccc(N(c3ccccc3)c3ccc(OC)cc3)cc2)cc1. The molecule has 0 N–H and O–H groups in total. The zero-order valence-corrected chi connectivity index (χ0v) is 17.7. The van der Waals surface area contributed by atoms with Gasteiger partial charge in [-0.1, -0.05) is 54.6 Å². The van der Waals surface area contributed by atoms with Gasteiger partial charge in [0.1, 0.15) is 11.5 Å². The number of ether oxygens (including phenoxy) is 2. The minimum Gasteiger partial charge on any atom is -0.497 e. The Labute approximate surface area is 183 Å². The first-order chi connectivity index (χ1) is 15.3. The van der Waals surface area contributed by atoms with Gasteiger partial charge >= 0.3 is 0 Å². The Balaban J connectivity index is 1.60. The topological polar surface area (TPSA) is 21.7 Å². The van der Waals surface area contributed by atoms with Crippen LogP contribution < -0.4 is 14.4 Å². The third-order valence-electron chi connectivity index (χ3n) is 5.08. The van der Waals surface area contributed by atoms with Gasteiger partial charge in [0.2, 0.25) is 0 Å². The molecule has 0 fully saturated rings. The number of rotatable bonds is 7. The van der Waals surface area contributed by atoms with E-state index in [1.165, 1.54) is 0 Å². The first kappa shape index (κ1) is 20.3. The Bertz CT molecular complexity index is 1120. The van der Waals surface area contributed by atoms with Crippen LogP contribution in [0, 0.1) is 0 Å². The highest BCUT2D eigenvalue weighted by molar-refractivity contribution is 5.78. The van der Waals surface area contributed by atoms with Crippen molar-refractivity contribution < 1.29 is 9.47 Å². The van der Waals surface area contributed by atoms with Crippen LogP contribution in [0.3, 0.4) is 0 Å². The zero-order valence-electron chi connectivity index (χ0n) is 17.7. The normalized spacial score (nSPS) is 10.8. The molecule has 0 aliphatic rings. The third-order valence-corrected chi connectivity index (χ3v) is 5.08. The highest BCUT2D eigenvalue weighted by atomic mass is 16.5. The van der Waals surface area contributed by atoms with Crippen LogP contribution in [-0.4, -0.2) is 14.2 Å². The molecule has 0 atom stereocenters. The number of benzene rings is 4. The molecule has 0 saturated heterocycles. The molecule has 154 valence electrons. The summed E-state index contributed by atoms with van der Waals surface area (Å²) in [6.45, 7) is 0. The number of anilines is 3. The maximum Gasteiger partial charge on any atom is 0.119 e. The van der Waals surface area contributed by atoms with E-state index in [4.69, 9.17) is 9.47 Å². The van der Waals surface area contributed by atoms with Gasteiger partial charge in [0.15, 0.2) is 0 Å². The average molecular weight is 408 g/mol. The lowest BCUT2D eigenvalue weighted by Gasteiger charge is -2.25. The van der Waals surface area contributed by atoms with Crippen molar-refractivity contribution in [3.05, 3.63) is 114 Å². The van der Waals surface area contributed by atoms with Crippen LogP contribution in [0.25, 0.3) is 12.2 Å². The number of hydrogen-bond donors (Lipinski definition) is 0. The molecule has 0 radical (unpaired) electrons. The van der Waals surface area contributed by atoms with E-state index in [1.54, 1.807) is 14.2 Å². The van der Waals surface area contributed by atoms with Gasteiger partial charge in [0, 0.05) is 17.1 Å². The lowest BCUT2D eigenvalue weighted by molar-refractivity contribution is 0.414. The molecular formula is C28H25NO2. The maximum atomic E-state index is 5.32. The number of para-hydroxylation sites is 1. The molecule has 0 unspecified atom stereocenters. The summed E-state index contributed by atoms with van der Waals surface area (Å²) in [6.07, 6.45) is 4.22. The molecule has 3 nitrogen and oxygen atoms in total. The monoisotopic (exact) mass is 407 g/mol. The minimum absolute atomic E-state index is 0.843. The Kier molecular flexibility index (Phi) is 6.34. The van der Waals surface area contributed by atoms with Crippen molar-refractivity contribution in [2.75, 3.05) is 19.1 Å². The molecule has 0 saturated carbocycles. The lowest BCUT2D eigenvalue weighted by atomic mass is 10.1. The molecule has 0 aliphatic heterocycles. The molecular weight excluding hydrogens is 382 g/mol. The van der Waals surface area contributed by atoms with Crippen molar-refractivity contribution in [1.29, 1.82) is 0 Å². The van der Waals surface area contributed by atoms with Gasteiger partial charge in [0.05, 0.1) is 14.2 Å². The molecule has 0 spiro atoms. The fraction of sp³-hybridized carbons (Fsp3) is 0.0714. The lowest BCUT2D eigenvalue weighted by Crippen LogP contribution is -2.09. The summed E-state index contributed by atoms with van der Waals surface area (Å²) in [5, 5.41) is 0. The summed E-state index contributed by atoms with van der Waals surface area (Å²) >= 11 is 0. The maximum absolute atomic E-state index is 5.32. The molecule has 0 amide bonds. The Morgan fingerprint density at radius 2 is 0.871 bits per heavy atom. The van der Waals surface area contributed by atoms with Crippen LogP contribution in [0.5, 0.6) is 11.5 Å². The molecule has 31 heavy (non-hydrogen) atoms. The number of hydrogen-bond acceptors (Lipinski definition) is 3. The van der Waals surface area contributed by atoms with E-state index >= 15 is 0 Å². The minimum atomic E-state index is 0.843. The van der Waals surface area contributed by atoms with E-state index in [0.29, 0.717) is 0 Å². The summed E-state index contributed by atoms with van der Waals surface area (Å²) in [5.41, 5.74) is 5.55. The summed E-state index contributed by atoms with van der Waals surface area (Å²) in [5.74, 6) is 1.71. The summed E-state index contributed by atoms with van der Waals surface area (Å²) in [7, 11) is 3.36. The Hall–Kier alpha value is -3.98. The molecule has 0 heterocycles. The smallest absolute Gasteiger partial charge is 0.119 e. The van der Waals surface area contributed by atoms with E-state index < -0.39 is 0 Å². The zero-order chi connectivity index (χ0) is 21.5. The molecule has 0 aliphatic carbocycles. The predicted molar refractivity (Wildman–Crippen MR) is 130 cm³/mol. The second-order valence-corrected chi connectivity index (χ2v) is 7.07. The second-order valence-electron chi connectivity index (χ2n) is 7.07. The summed E-state index contributed by atoms with van der Waals surface area (Å²) < 4.78 is 10.5. The van der Waals surface area contributed by atoms with Gasteiger partial charge in [-0.15, -0.1) is 0 Å². The van der Waals surface area contributed by atoms with Gasteiger partial charge in [0.25, 0.3) is 0 Å². The van der Waals surface area contributed by atoms with E-state index in [0.717, 1.165) is 39.7 Å². The van der Waals surface area contributed by atoms with E-state index in [2.05, 4.69) is 77.7 Å². The van der Waals surface area contributed by atoms with Crippen LogP contribution in [0.2, 0.25) is 0 Å². The molecule has 0 aromatic heterocycles. The fourth-order valence-electron chi connectivity index (χ4n) is 3.40. The fourth-order valence-corrected chi connectivity index (χ4v) is 3.40. The first-order valence-electron chi connectivity index (χ1n) is 10.2. The number of nitrogens with zero attached hydrogens (tertiary/aromatic N) is 1. The quantitative estimate of drug-likeness (QED) is 0.299. The van der Waals surface area contributed by atoms with Crippen molar-refractivity contribution in [2.45, 2.75) is 0 Å². The van der Waals surface area contributed by atoms with Crippen molar-refractivity contribution in [3.63, 3.8) is 0 Å². The van der Waals surface area contributed by atoms with Gasteiger partial charge < -0.3 is 14.4 Å². The van der Waals surface area contributed by atoms with E-state index in [-0.39, 0.29) is 0 Å². The molecule has 4 rings (SSSR count). The van der Waals surface area contributed by atoms with Crippen LogP contribution in [-0.2, 0) is 0 Å². The second kappa shape index (κ2) is 9.68. The Morgan fingerprint density at radius 3 is 1.35 bits per heavy atom. The van der Waals surface area contributed by atoms with Gasteiger partial charge in [-0.05, 0) is 71.8 Å². The van der Waals surface area contributed by atoms with Crippen LogP contribution >= 0.6 is 0 Å². The van der Waals surface area contributed by atoms with Crippen LogP contribution in [0.4, 0.5) is 17.1 Å². The van der Waals surface area contributed by atoms with Gasteiger partial charge in [-0.25, -0.2) is 0 Å². The van der Waals surface area contributed by atoms with Crippen molar-refractivity contribution in [3.8, 4) is 11.5 Å². The van der Waals surface area contributed by atoms with E-state index in [1.807, 2.05) is 42.5 Å². The summed E-state index contributed by atoms with van der Waals surface area (Å²) in [6, 6.07) is 35.1. The van der Waals surface area contributed by atoms with E-state index in [9.17, 15) is 0 Å². The first-order valence-corrected chi connectivity index (χ1v) is 10.2. The van der Waals surface area contributed by atoms with Gasteiger partial charge in [-0.3, -0.25) is 0 Å². The highest BCUT2D eigenvalue weighted by Crippen LogP contribution is 2.35. The molecule has 0 bridgehead atoms. The molecule has 3 heteroatoms. The molecule has 4 aromatic rings. The van der Waals surface area contributed by atoms with Crippen molar-refractivity contribution >= 4 is 29.2 Å². The van der Waals surface area contributed by atoms with Crippen LogP contribution in [0.1, 0.15) is 11.1 Å². The van der Waals surface area contributed by atoms with Crippen LogP contribution in [0.15, 0.2) is 103 Å². The summed E-state index contributed by atoms with van der Waals surface area (Å²) in [4.78, 5) is 2.23. The standard InChI is InChI=1S/C28H25NO2/c1-30-27-18-12-23(13-19-27)9-8-22-10-14-25(15-11-22)29(24-6-4-3-5-7-24)26-16-20-28(31-2)21-17-26/h3-21H,1-2H3/b9-8+. The Morgan fingerprint density at radius 1 is 0.484 bits per heavy atom. The highest BCUT2D eigenvalue weighted by Gasteiger charge is 2.12. The average Bonchev–Trinajstić information content (AvgIpc) is 2.85. The molecule has 4 aromatic carbocycles. The number of methoxy groups -OCH3 is 2.